The highest BCUT2D eigenvalue weighted by atomic mass is 127. The Bertz CT molecular complexity index is 850. The van der Waals surface area contributed by atoms with Gasteiger partial charge in [-0.15, -0.1) is 0 Å². The Morgan fingerprint density at radius 3 is 2.86 bits per heavy atom. The number of nitrogens with zero attached hydrogens (tertiary/aromatic N) is 2. The molecule has 0 spiro atoms. The van der Waals surface area contributed by atoms with Crippen LogP contribution in [0, 0.1) is 19.5 Å². The summed E-state index contributed by atoms with van der Waals surface area (Å²) in [6.07, 6.45) is 3.30. The van der Waals surface area contributed by atoms with Gasteiger partial charge >= 0.3 is 0 Å². The number of aromatic nitrogens is 2. The monoisotopic (exact) mass is 399 g/mol. The molecule has 2 aromatic heterocycles. The van der Waals surface area contributed by atoms with Gasteiger partial charge in [-0.05, 0) is 34.7 Å². The molecule has 2 heterocycles. The van der Waals surface area contributed by atoms with E-state index in [1.165, 1.54) is 18.3 Å². The number of aromatic amines is 1. The Morgan fingerprint density at radius 2 is 2.14 bits per heavy atom. The summed E-state index contributed by atoms with van der Waals surface area (Å²) in [6, 6.07) is 4.87. The van der Waals surface area contributed by atoms with Gasteiger partial charge in [0.1, 0.15) is 11.4 Å². The van der Waals surface area contributed by atoms with Gasteiger partial charge in [-0.1, -0.05) is 0 Å². The van der Waals surface area contributed by atoms with E-state index in [0.717, 1.165) is 15.0 Å². The van der Waals surface area contributed by atoms with Crippen molar-refractivity contribution in [3.05, 3.63) is 56.2 Å². The molecular weight excluding hydrogens is 392 g/mol. The first-order valence-corrected chi connectivity index (χ1v) is 6.87. The Kier molecular flexibility index (Phi) is 3.45. The highest BCUT2D eigenvalue weighted by Gasteiger charge is 2.15. The summed E-state index contributed by atoms with van der Waals surface area (Å²) in [5, 5.41) is 11.3. The molecule has 0 aliphatic heterocycles. The van der Waals surface area contributed by atoms with Crippen LogP contribution in [0.15, 0.2) is 36.7 Å². The summed E-state index contributed by atoms with van der Waals surface area (Å²) in [4.78, 5) is 17.0. The number of rotatable bonds is 3. The lowest BCUT2D eigenvalue weighted by molar-refractivity contribution is -0.385. The Labute approximate surface area is 131 Å². The topological polar surface area (TPSA) is 81.1 Å². The third-order valence-corrected chi connectivity index (χ3v) is 3.68. The van der Waals surface area contributed by atoms with Crippen molar-refractivity contribution in [2.75, 3.05) is 0 Å². The standard InChI is InChI=1S/C13H7FIN3O3/c14-8-5-7(18(19)20)1-2-10(8)21-11-3-4-16-13-12(11)9(15)6-17-13/h1-6H,(H,16,17). The Balaban J connectivity index is 2.03. The zero-order valence-electron chi connectivity index (χ0n) is 10.3. The second-order valence-corrected chi connectivity index (χ2v) is 5.31. The van der Waals surface area contributed by atoms with E-state index in [1.807, 2.05) is 0 Å². The molecule has 0 fully saturated rings. The number of pyridine rings is 1. The number of fused-ring (bicyclic) bond motifs is 1. The molecule has 0 saturated carbocycles. The van der Waals surface area contributed by atoms with Crippen molar-refractivity contribution < 1.29 is 14.1 Å². The minimum Gasteiger partial charge on any atom is -0.453 e. The van der Waals surface area contributed by atoms with Gasteiger partial charge in [0, 0.05) is 22.0 Å². The molecule has 1 N–H and O–H groups in total. The minimum atomic E-state index is -0.792. The maximum atomic E-state index is 13.9. The summed E-state index contributed by atoms with van der Waals surface area (Å²) in [5.74, 6) is -0.441. The second kappa shape index (κ2) is 5.28. The fourth-order valence-electron chi connectivity index (χ4n) is 1.88. The van der Waals surface area contributed by atoms with Crippen LogP contribution < -0.4 is 4.74 Å². The molecule has 3 rings (SSSR count). The summed E-state index contributed by atoms with van der Waals surface area (Å²) in [7, 11) is 0. The van der Waals surface area contributed by atoms with Gasteiger partial charge in [-0.25, -0.2) is 9.37 Å². The first kappa shape index (κ1) is 13.7. The smallest absolute Gasteiger partial charge is 0.272 e. The highest BCUT2D eigenvalue weighted by molar-refractivity contribution is 14.1. The molecule has 0 saturated heterocycles. The van der Waals surface area contributed by atoms with Crippen molar-refractivity contribution in [2.24, 2.45) is 0 Å². The first-order chi connectivity index (χ1) is 10.1. The van der Waals surface area contributed by atoms with Crippen molar-refractivity contribution >= 4 is 39.3 Å². The van der Waals surface area contributed by atoms with Crippen LogP contribution in [0.25, 0.3) is 11.0 Å². The van der Waals surface area contributed by atoms with Gasteiger partial charge in [0.25, 0.3) is 5.69 Å². The van der Waals surface area contributed by atoms with Crippen LogP contribution in [-0.2, 0) is 0 Å². The van der Waals surface area contributed by atoms with Crippen LogP contribution in [0.1, 0.15) is 0 Å². The van der Waals surface area contributed by atoms with E-state index >= 15 is 0 Å². The average Bonchev–Trinajstić information content (AvgIpc) is 2.83. The number of hydrogen-bond acceptors (Lipinski definition) is 4. The van der Waals surface area contributed by atoms with Crippen LogP contribution in [0.2, 0.25) is 0 Å². The third kappa shape index (κ3) is 2.53. The van der Waals surface area contributed by atoms with Crippen LogP contribution in [0.4, 0.5) is 10.1 Å². The zero-order valence-corrected chi connectivity index (χ0v) is 12.5. The normalized spacial score (nSPS) is 10.8. The van der Waals surface area contributed by atoms with E-state index in [1.54, 1.807) is 12.3 Å². The molecule has 3 aromatic rings. The quantitative estimate of drug-likeness (QED) is 0.410. The molecule has 0 radical (unpaired) electrons. The number of halogens is 2. The summed E-state index contributed by atoms with van der Waals surface area (Å²) in [5.41, 5.74) is 0.301. The van der Waals surface area contributed by atoms with E-state index < -0.39 is 10.7 Å². The van der Waals surface area contributed by atoms with Crippen LogP contribution in [-0.4, -0.2) is 14.9 Å². The SMILES string of the molecule is O=[N+]([O-])c1ccc(Oc2ccnc3[nH]cc(I)c23)c(F)c1. The number of nitro groups is 1. The molecule has 0 amide bonds. The molecule has 1 aromatic carbocycles. The number of nitro benzene ring substituents is 1. The van der Waals surface area contributed by atoms with E-state index in [0.29, 0.717) is 11.4 Å². The third-order valence-electron chi connectivity index (χ3n) is 2.83. The highest BCUT2D eigenvalue weighted by Crippen LogP contribution is 2.33. The minimum absolute atomic E-state index is 0.0786. The summed E-state index contributed by atoms with van der Waals surface area (Å²) in [6.45, 7) is 0. The lowest BCUT2D eigenvalue weighted by Gasteiger charge is -2.07. The van der Waals surface area contributed by atoms with E-state index in [-0.39, 0.29) is 11.4 Å². The molecule has 0 aliphatic rings. The predicted molar refractivity (Wildman–Crippen MR) is 81.9 cm³/mol. The van der Waals surface area contributed by atoms with Crippen LogP contribution >= 0.6 is 22.6 Å². The lowest BCUT2D eigenvalue weighted by atomic mass is 10.3. The summed E-state index contributed by atoms with van der Waals surface area (Å²) >= 11 is 2.11. The van der Waals surface area contributed by atoms with Gasteiger partial charge in [-0.3, -0.25) is 10.1 Å². The predicted octanol–water partition coefficient (Wildman–Crippen LogP) is 4.01. The second-order valence-electron chi connectivity index (χ2n) is 4.14. The maximum Gasteiger partial charge on any atom is 0.272 e. The fraction of sp³-hybridized carbons (Fsp3) is 0. The van der Waals surface area contributed by atoms with Gasteiger partial charge in [-0.2, -0.15) is 0 Å². The van der Waals surface area contributed by atoms with E-state index in [4.69, 9.17) is 4.74 Å². The molecule has 0 unspecified atom stereocenters. The number of hydrogen-bond donors (Lipinski definition) is 1. The fourth-order valence-corrected chi connectivity index (χ4v) is 2.55. The molecular formula is C13H7FIN3O3. The van der Waals surface area contributed by atoms with Crippen molar-refractivity contribution in [2.45, 2.75) is 0 Å². The van der Waals surface area contributed by atoms with Gasteiger partial charge < -0.3 is 9.72 Å². The van der Waals surface area contributed by atoms with Gasteiger partial charge in [0.05, 0.1) is 16.4 Å². The Hall–Kier alpha value is -2.23. The van der Waals surface area contributed by atoms with Gasteiger partial charge in [0.15, 0.2) is 11.6 Å². The van der Waals surface area contributed by atoms with Crippen molar-refractivity contribution in [3.63, 3.8) is 0 Å². The molecule has 6 nitrogen and oxygen atoms in total. The molecule has 0 bridgehead atoms. The molecule has 21 heavy (non-hydrogen) atoms. The largest absolute Gasteiger partial charge is 0.453 e. The molecule has 0 atom stereocenters. The number of ether oxygens (including phenoxy) is 1. The Morgan fingerprint density at radius 1 is 1.33 bits per heavy atom. The number of nitrogens with one attached hydrogen (secondary N) is 1. The molecule has 8 heteroatoms. The van der Waals surface area contributed by atoms with Crippen molar-refractivity contribution in [1.82, 2.24) is 9.97 Å². The lowest BCUT2D eigenvalue weighted by Crippen LogP contribution is -1.93. The molecule has 0 aliphatic carbocycles. The van der Waals surface area contributed by atoms with Crippen molar-refractivity contribution in [1.29, 1.82) is 0 Å². The van der Waals surface area contributed by atoms with E-state index in [9.17, 15) is 14.5 Å². The number of H-pyrrole nitrogens is 1. The van der Waals surface area contributed by atoms with Crippen LogP contribution in [0.3, 0.4) is 0 Å². The van der Waals surface area contributed by atoms with E-state index in [2.05, 4.69) is 32.6 Å². The maximum absolute atomic E-state index is 13.9. The average molecular weight is 399 g/mol. The zero-order chi connectivity index (χ0) is 15.0. The number of non-ortho nitro benzene ring substituents is 1. The van der Waals surface area contributed by atoms with Crippen LogP contribution in [0.5, 0.6) is 11.5 Å². The molecule has 106 valence electrons. The summed E-state index contributed by atoms with van der Waals surface area (Å²) < 4.78 is 20.3. The van der Waals surface area contributed by atoms with Crippen molar-refractivity contribution in [3.8, 4) is 11.5 Å². The number of benzene rings is 1. The first-order valence-electron chi connectivity index (χ1n) is 5.79. The van der Waals surface area contributed by atoms with Gasteiger partial charge in [0.2, 0.25) is 0 Å².